The zero-order chi connectivity index (χ0) is 16.9. The number of amides is 1. The summed E-state index contributed by atoms with van der Waals surface area (Å²) < 4.78 is 0. The molecule has 3 nitrogen and oxygen atoms in total. The van der Waals surface area contributed by atoms with E-state index in [1.165, 1.54) is 0 Å². The second-order valence-electron chi connectivity index (χ2n) is 5.87. The zero-order valence-electron chi connectivity index (χ0n) is 13.7. The molecule has 0 saturated carbocycles. The number of anilines is 1. The van der Waals surface area contributed by atoms with Crippen LogP contribution in [0.25, 0.3) is 0 Å². The van der Waals surface area contributed by atoms with E-state index >= 15 is 0 Å². The standard InChI is InChI=1S/C19H21ClN2OS/c1-15(24-18-8-3-2-4-9-18)19(23)22-12-10-21(11-13-22)17-7-5-6-16(20)14-17/h2-9,14-15H,10-13H2,1H3/t15-/m1/s1. The lowest BCUT2D eigenvalue weighted by molar-refractivity contribution is -0.130. The Hall–Kier alpha value is -1.65. The minimum absolute atomic E-state index is 0.0647. The van der Waals surface area contributed by atoms with Crippen molar-refractivity contribution < 1.29 is 4.79 Å². The lowest BCUT2D eigenvalue weighted by Gasteiger charge is -2.37. The van der Waals surface area contributed by atoms with Crippen molar-refractivity contribution in [2.24, 2.45) is 0 Å². The van der Waals surface area contributed by atoms with Gasteiger partial charge in [0, 0.05) is 41.8 Å². The molecule has 0 radical (unpaired) electrons. The second kappa shape index (κ2) is 7.95. The Bertz CT molecular complexity index is 687. The van der Waals surface area contributed by atoms with Gasteiger partial charge >= 0.3 is 0 Å². The van der Waals surface area contributed by atoms with Crippen LogP contribution < -0.4 is 4.90 Å². The molecule has 0 aliphatic carbocycles. The molecule has 0 spiro atoms. The third kappa shape index (κ3) is 4.25. The minimum Gasteiger partial charge on any atom is -0.368 e. The molecule has 1 amide bonds. The first kappa shape index (κ1) is 17.2. The molecule has 1 aliphatic rings. The Kier molecular flexibility index (Phi) is 5.69. The van der Waals surface area contributed by atoms with Crippen LogP contribution in [0.4, 0.5) is 5.69 Å². The van der Waals surface area contributed by atoms with Crippen molar-refractivity contribution in [3.8, 4) is 0 Å². The minimum atomic E-state index is -0.0647. The Morgan fingerprint density at radius 3 is 2.42 bits per heavy atom. The van der Waals surface area contributed by atoms with Crippen molar-refractivity contribution in [1.29, 1.82) is 0 Å². The van der Waals surface area contributed by atoms with E-state index in [-0.39, 0.29) is 11.2 Å². The highest BCUT2D eigenvalue weighted by Crippen LogP contribution is 2.25. The number of hydrogen-bond donors (Lipinski definition) is 0. The van der Waals surface area contributed by atoms with Crippen LogP contribution in [-0.4, -0.2) is 42.2 Å². The van der Waals surface area contributed by atoms with Gasteiger partial charge in [0.2, 0.25) is 5.91 Å². The number of carbonyl (C=O) groups is 1. The van der Waals surface area contributed by atoms with Gasteiger partial charge in [0.15, 0.2) is 0 Å². The molecule has 2 aromatic carbocycles. The van der Waals surface area contributed by atoms with Crippen LogP contribution in [0.1, 0.15) is 6.92 Å². The van der Waals surface area contributed by atoms with E-state index in [2.05, 4.69) is 11.0 Å². The summed E-state index contributed by atoms with van der Waals surface area (Å²) in [6.07, 6.45) is 0. The molecule has 0 aromatic heterocycles. The van der Waals surface area contributed by atoms with Crippen LogP contribution >= 0.6 is 23.4 Å². The maximum Gasteiger partial charge on any atom is 0.235 e. The van der Waals surface area contributed by atoms with Gasteiger partial charge in [0.1, 0.15) is 0 Å². The average molecular weight is 361 g/mol. The summed E-state index contributed by atoms with van der Waals surface area (Å²) in [5.74, 6) is 0.217. The second-order valence-corrected chi connectivity index (χ2v) is 7.72. The first-order valence-corrected chi connectivity index (χ1v) is 9.40. The van der Waals surface area contributed by atoms with Gasteiger partial charge in [0.25, 0.3) is 0 Å². The summed E-state index contributed by atoms with van der Waals surface area (Å²) in [7, 11) is 0. The molecule has 24 heavy (non-hydrogen) atoms. The molecule has 5 heteroatoms. The summed E-state index contributed by atoms with van der Waals surface area (Å²) in [5.41, 5.74) is 1.13. The first-order valence-electron chi connectivity index (χ1n) is 8.14. The topological polar surface area (TPSA) is 23.6 Å². The Morgan fingerprint density at radius 1 is 1.04 bits per heavy atom. The van der Waals surface area contributed by atoms with Crippen molar-refractivity contribution in [2.75, 3.05) is 31.1 Å². The van der Waals surface area contributed by atoms with E-state index in [9.17, 15) is 4.79 Å². The van der Waals surface area contributed by atoms with Crippen molar-refractivity contribution >= 4 is 35.0 Å². The highest BCUT2D eigenvalue weighted by atomic mass is 35.5. The largest absolute Gasteiger partial charge is 0.368 e. The van der Waals surface area contributed by atoms with Gasteiger partial charge in [0.05, 0.1) is 5.25 Å². The molecule has 0 unspecified atom stereocenters. The maximum atomic E-state index is 12.7. The predicted octanol–water partition coefficient (Wildman–Crippen LogP) is 4.17. The number of rotatable bonds is 4. The van der Waals surface area contributed by atoms with Gasteiger partial charge in [-0.1, -0.05) is 35.9 Å². The molecular formula is C19H21ClN2OS. The summed E-state index contributed by atoms with van der Waals surface area (Å²) in [4.78, 5) is 18.1. The van der Waals surface area contributed by atoms with Crippen molar-refractivity contribution in [3.05, 3.63) is 59.6 Å². The maximum absolute atomic E-state index is 12.7. The summed E-state index contributed by atoms with van der Waals surface area (Å²) in [6, 6.07) is 18.0. The number of halogens is 1. The lowest BCUT2D eigenvalue weighted by Crippen LogP contribution is -2.50. The highest BCUT2D eigenvalue weighted by Gasteiger charge is 2.25. The number of nitrogens with zero attached hydrogens (tertiary/aromatic N) is 2. The molecule has 1 fully saturated rings. The summed E-state index contributed by atoms with van der Waals surface area (Å²) in [6.45, 7) is 5.18. The Labute approximate surface area is 152 Å². The molecule has 1 heterocycles. The van der Waals surface area contributed by atoms with E-state index in [4.69, 9.17) is 11.6 Å². The fraction of sp³-hybridized carbons (Fsp3) is 0.316. The quantitative estimate of drug-likeness (QED) is 0.764. The molecule has 2 aromatic rings. The summed E-state index contributed by atoms with van der Waals surface area (Å²) in [5, 5.41) is 0.684. The molecule has 1 aliphatic heterocycles. The zero-order valence-corrected chi connectivity index (χ0v) is 15.3. The molecule has 3 rings (SSSR count). The van der Waals surface area contributed by atoms with Crippen molar-refractivity contribution in [1.82, 2.24) is 4.90 Å². The average Bonchev–Trinajstić information content (AvgIpc) is 2.62. The van der Waals surface area contributed by atoms with Crippen LogP contribution in [0.2, 0.25) is 5.02 Å². The van der Waals surface area contributed by atoms with E-state index in [1.807, 2.05) is 60.4 Å². The van der Waals surface area contributed by atoms with Gasteiger partial charge in [-0.3, -0.25) is 4.79 Å². The third-order valence-corrected chi connectivity index (χ3v) is 5.50. The number of benzene rings is 2. The predicted molar refractivity (Wildman–Crippen MR) is 102 cm³/mol. The number of thioether (sulfide) groups is 1. The van der Waals surface area contributed by atoms with Crippen LogP contribution in [-0.2, 0) is 4.79 Å². The lowest BCUT2D eigenvalue weighted by atomic mass is 10.2. The molecule has 1 saturated heterocycles. The number of hydrogen-bond acceptors (Lipinski definition) is 3. The van der Waals surface area contributed by atoms with Gasteiger partial charge in [-0.25, -0.2) is 0 Å². The molecular weight excluding hydrogens is 340 g/mol. The van der Waals surface area contributed by atoms with Crippen LogP contribution in [0.15, 0.2) is 59.5 Å². The van der Waals surface area contributed by atoms with Gasteiger partial charge in [-0.05, 0) is 37.3 Å². The van der Waals surface area contributed by atoms with E-state index in [0.29, 0.717) is 0 Å². The van der Waals surface area contributed by atoms with Crippen LogP contribution in [0, 0.1) is 0 Å². The van der Waals surface area contributed by atoms with Crippen molar-refractivity contribution in [2.45, 2.75) is 17.1 Å². The van der Waals surface area contributed by atoms with Gasteiger partial charge in [-0.15, -0.1) is 11.8 Å². The van der Waals surface area contributed by atoms with Crippen LogP contribution in [0.5, 0.6) is 0 Å². The summed E-state index contributed by atoms with van der Waals surface area (Å²) >= 11 is 7.69. The first-order chi connectivity index (χ1) is 11.6. The molecule has 0 N–H and O–H groups in total. The Balaban J connectivity index is 1.55. The fourth-order valence-corrected chi connectivity index (χ4v) is 4.03. The van der Waals surface area contributed by atoms with Gasteiger partial charge < -0.3 is 9.80 Å². The normalized spacial score (nSPS) is 16.1. The monoisotopic (exact) mass is 360 g/mol. The molecule has 0 bridgehead atoms. The fourth-order valence-electron chi connectivity index (χ4n) is 2.87. The number of carbonyl (C=O) groups excluding carboxylic acids is 1. The van der Waals surface area contributed by atoms with E-state index in [1.54, 1.807) is 11.8 Å². The van der Waals surface area contributed by atoms with E-state index in [0.717, 1.165) is 41.8 Å². The van der Waals surface area contributed by atoms with Crippen molar-refractivity contribution in [3.63, 3.8) is 0 Å². The van der Waals surface area contributed by atoms with Gasteiger partial charge in [-0.2, -0.15) is 0 Å². The third-order valence-electron chi connectivity index (χ3n) is 4.17. The van der Waals surface area contributed by atoms with E-state index < -0.39 is 0 Å². The van der Waals surface area contributed by atoms with Crippen LogP contribution in [0.3, 0.4) is 0 Å². The number of piperazine rings is 1. The SMILES string of the molecule is C[C@@H](Sc1ccccc1)C(=O)N1CCN(c2cccc(Cl)c2)CC1. The highest BCUT2D eigenvalue weighted by molar-refractivity contribution is 8.00. The molecule has 126 valence electrons. The smallest absolute Gasteiger partial charge is 0.235 e. The molecule has 1 atom stereocenters. The Morgan fingerprint density at radius 2 is 1.75 bits per heavy atom.